The van der Waals surface area contributed by atoms with Gasteiger partial charge in [0.05, 0.1) is 16.7 Å². The molecule has 1 aliphatic carbocycles. The third-order valence-corrected chi connectivity index (χ3v) is 7.78. The average molecular weight is 417 g/mol. The van der Waals surface area contributed by atoms with Crippen LogP contribution >= 0.6 is 0 Å². The summed E-state index contributed by atoms with van der Waals surface area (Å²) in [7, 11) is -3.60. The van der Waals surface area contributed by atoms with Gasteiger partial charge < -0.3 is 4.90 Å². The van der Waals surface area contributed by atoms with Crippen LogP contribution in [0.15, 0.2) is 47.4 Å². The quantitative estimate of drug-likeness (QED) is 0.524. The van der Waals surface area contributed by atoms with Crippen molar-refractivity contribution in [2.75, 3.05) is 32.7 Å². The predicted octanol–water partition coefficient (Wildman–Crippen LogP) is 0.471. The number of imide groups is 1. The number of hydrogen-bond donors (Lipinski definition) is 0. The van der Waals surface area contributed by atoms with Crippen molar-refractivity contribution >= 4 is 27.7 Å². The summed E-state index contributed by atoms with van der Waals surface area (Å²) in [6.45, 7) is 0.557. The first kappa shape index (κ1) is 19.8. The number of fused-ring (bicyclic) bond motifs is 1. The van der Waals surface area contributed by atoms with Gasteiger partial charge >= 0.3 is 0 Å². The van der Waals surface area contributed by atoms with Crippen LogP contribution in [0.3, 0.4) is 0 Å². The van der Waals surface area contributed by atoms with Gasteiger partial charge in [-0.05, 0) is 25.0 Å². The molecule has 8 nitrogen and oxygen atoms in total. The lowest BCUT2D eigenvalue weighted by Crippen LogP contribution is -2.53. The number of carbonyl (C=O) groups excluding carboxylic acids is 3. The molecule has 9 heteroatoms. The molecule has 2 saturated heterocycles. The van der Waals surface area contributed by atoms with Crippen LogP contribution < -0.4 is 0 Å². The van der Waals surface area contributed by atoms with Gasteiger partial charge in [-0.3, -0.25) is 19.3 Å². The largest absolute Gasteiger partial charge is 0.338 e. The van der Waals surface area contributed by atoms with Gasteiger partial charge in [-0.15, -0.1) is 0 Å². The van der Waals surface area contributed by atoms with Crippen molar-refractivity contribution in [3.63, 3.8) is 0 Å². The normalized spacial score (nSPS) is 25.4. The van der Waals surface area contributed by atoms with Crippen molar-refractivity contribution < 1.29 is 22.8 Å². The monoisotopic (exact) mass is 417 g/mol. The molecular formula is C20H23N3O5S. The molecule has 3 aliphatic rings. The highest BCUT2D eigenvalue weighted by Crippen LogP contribution is 2.35. The fourth-order valence-electron chi connectivity index (χ4n) is 4.18. The van der Waals surface area contributed by atoms with Crippen molar-refractivity contribution in [3.05, 3.63) is 42.5 Å². The number of benzene rings is 1. The van der Waals surface area contributed by atoms with Crippen LogP contribution in [0.5, 0.6) is 0 Å². The number of nitrogens with zero attached hydrogens (tertiary/aromatic N) is 3. The Morgan fingerprint density at radius 1 is 0.897 bits per heavy atom. The summed E-state index contributed by atoms with van der Waals surface area (Å²) in [5.41, 5.74) is 0. The van der Waals surface area contributed by atoms with Gasteiger partial charge in [-0.1, -0.05) is 30.4 Å². The highest BCUT2D eigenvalue weighted by Gasteiger charge is 2.48. The third kappa shape index (κ3) is 3.60. The minimum atomic E-state index is -3.60. The number of sulfonamides is 1. The van der Waals surface area contributed by atoms with Gasteiger partial charge in [0.2, 0.25) is 27.7 Å². The lowest BCUT2D eigenvalue weighted by atomic mass is 9.85. The molecule has 154 valence electrons. The summed E-state index contributed by atoms with van der Waals surface area (Å²) in [4.78, 5) is 40.5. The first-order valence-electron chi connectivity index (χ1n) is 9.73. The fraction of sp³-hybridized carbons (Fsp3) is 0.450. The fourth-order valence-corrected chi connectivity index (χ4v) is 5.62. The van der Waals surface area contributed by atoms with E-state index in [1.807, 2.05) is 12.2 Å². The number of piperazine rings is 1. The number of allylic oxidation sites excluding steroid dienone is 2. The van der Waals surface area contributed by atoms with Crippen molar-refractivity contribution in [3.8, 4) is 0 Å². The molecule has 0 aromatic heterocycles. The van der Waals surface area contributed by atoms with E-state index in [4.69, 9.17) is 0 Å². The van der Waals surface area contributed by atoms with Gasteiger partial charge in [-0.25, -0.2) is 8.42 Å². The number of rotatable bonds is 4. The summed E-state index contributed by atoms with van der Waals surface area (Å²) in [6, 6.07) is 8.19. The highest BCUT2D eigenvalue weighted by molar-refractivity contribution is 7.89. The lowest BCUT2D eigenvalue weighted by Gasteiger charge is -2.34. The maximum absolute atomic E-state index is 12.7. The standard InChI is InChI=1S/C20H23N3O5S/c24-18(14-23-19(25)16-8-4-5-9-17(16)20(23)26)21-10-12-22(13-11-21)29(27,28)15-6-2-1-3-7-15/h1-7,16-17H,8-14H2/t16-,17-/m0/s1. The van der Waals surface area contributed by atoms with Crippen LogP contribution in [-0.4, -0.2) is 73.0 Å². The second kappa shape index (κ2) is 7.72. The molecule has 2 atom stereocenters. The van der Waals surface area contributed by atoms with E-state index in [1.165, 1.54) is 9.21 Å². The molecule has 2 heterocycles. The Hall–Kier alpha value is -2.52. The Balaban J connectivity index is 1.36. The van der Waals surface area contributed by atoms with Crippen LogP contribution in [0.25, 0.3) is 0 Å². The van der Waals surface area contributed by atoms with E-state index in [-0.39, 0.29) is 67.2 Å². The second-order valence-corrected chi connectivity index (χ2v) is 9.45. The van der Waals surface area contributed by atoms with Crippen LogP contribution in [0.1, 0.15) is 12.8 Å². The Kier molecular flexibility index (Phi) is 5.26. The minimum absolute atomic E-state index is 0.181. The summed E-state index contributed by atoms with van der Waals surface area (Å²) >= 11 is 0. The zero-order chi connectivity index (χ0) is 20.6. The summed E-state index contributed by atoms with van der Waals surface area (Å²) in [6.07, 6.45) is 4.89. The average Bonchev–Trinajstić information content (AvgIpc) is 2.99. The molecule has 1 aromatic carbocycles. The lowest BCUT2D eigenvalue weighted by molar-refractivity contribution is -0.147. The molecule has 2 aliphatic heterocycles. The summed E-state index contributed by atoms with van der Waals surface area (Å²) < 4.78 is 26.7. The van der Waals surface area contributed by atoms with E-state index in [2.05, 4.69) is 0 Å². The summed E-state index contributed by atoms with van der Waals surface area (Å²) in [5, 5.41) is 0. The third-order valence-electron chi connectivity index (χ3n) is 5.86. The van der Waals surface area contributed by atoms with Gasteiger partial charge in [0.1, 0.15) is 6.54 Å². The van der Waals surface area contributed by atoms with Gasteiger partial charge in [-0.2, -0.15) is 4.31 Å². The van der Waals surface area contributed by atoms with Crippen LogP contribution in [-0.2, 0) is 24.4 Å². The Morgan fingerprint density at radius 2 is 1.45 bits per heavy atom. The van der Waals surface area contributed by atoms with Gasteiger partial charge in [0.25, 0.3) is 0 Å². The van der Waals surface area contributed by atoms with Crippen LogP contribution in [0, 0.1) is 11.8 Å². The number of carbonyl (C=O) groups is 3. The number of hydrogen-bond acceptors (Lipinski definition) is 5. The molecule has 29 heavy (non-hydrogen) atoms. The molecule has 0 radical (unpaired) electrons. The van der Waals surface area contributed by atoms with Crippen molar-refractivity contribution in [1.82, 2.24) is 14.1 Å². The number of likely N-dealkylation sites (tertiary alicyclic amines) is 1. The first-order valence-corrected chi connectivity index (χ1v) is 11.2. The van der Waals surface area contributed by atoms with E-state index in [9.17, 15) is 22.8 Å². The van der Waals surface area contributed by atoms with Crippen molar-refractivity contribution in [2.24, 2.45) is 11.8 Å². The molecule has 3 amide bonds. The Labute approximate surface area is 169 Å². The maximum atomic E-state index is 12.7. The predicted molar refractivity (Wildman–Crippen MR) is 104 cm³/mol. The smallest absolute Gasteiger partial charge is 0.243 e. The summed E-state index contributed by atoms with van der Waals surface area (Å²) in [5.74, 6) is -1.58. The molecule has 4 rings (SSSR count). The minimum Gasteiger partial charge on any atom is -0.338 e. The Bertz CT molecular complexity index is 926. The van der Waals surface area contributed by atoms with Gasteiger partial charge in [0.15, 0.2) is 0 Å². The van der Waals surface area contributed by atoms with E-state index in [1.54, 1.807) is 30.3 Å². The van der Waals surface area contributed by atoms with E-state index in [0.29, 0.717) is 12.8 Å². The SMILES string of the molecule is O=C(CN1C(=O)[C@H]2CC=CC[C@@H]2C1=O)N1CCN(S(=O)(=O)c2ccccc2)CC1. The number of amides is 3. The van der Waals surface area contributed by atoms with Gasteiger partial charge in [0, 0.05) is 26.2 Å². The van der Waals surface area contributed by atoms with Crippen LogP contribution in [0.4, 0.5) is 0 Å². The van der Waals surface area contributed by atoms with E-state index in [0.717, 1.165) is 4.90 Å². The van der Waals surface area contributed by atoms with E-state index >= 15 is 0 Å². The molecule has 1 aromatic rings. The molecule has 0 N–H and O–H groups in total. The highest BCUT2D eigenvalue weighted by atomic mass is 32.2. The van der Waals surface area contributed by atoms with Crippen LogP contribution in [0.2, 0.25) is 0 Å². The van der Waals surface area contributed by atoms with E-state index < -0.39 is 10.0 Å². The second-order valence-electron chi connectivity index (χ2n) is 7.52. The zero-order valence-electron chi connectivity index (χ0n) is 15.9. The zero-order valence-corrected chi connectivity index (χ0v) is 16.8. The van der Waals surface area contributed by atoms with Crippen molar-refractivity contribution in [2.45, 2.75) is 17.7 Å². The molecule has 2 fully saturated rings. The molecule has 0 unspecified atom stereocenters. The molecule has 0 bridgehead atoms. The first-order chi connectivity index (χ1) is 13.9. The van der Waals surface area contributed by atoms with Crippen molar-refractivity contribution in [1.29, 1.82) is 0 Å². The molecular weight excluding hydrogens is 394 g/mol. The Morgan fingerprint density at radius 3 is 2.00 bits per heavy atom. The topological polar surface area (TPSA) is 95.1 Å². The maximum Gasteiger partial charge on any atom is 0.243 e. The molecule has 0 saturated carbocycles. The molecule has 0 spiro atoms.